The molecule has 1 aromatic heterocycles. The predicted molar refractivity (Wildman–Crippen MR) is 65.9 cm³/mol. The van der Waals surface area contributed by atoms with Gasteiger partial charge in [0.15, 0.2) is 0 Å². The van der Waals surface area contributed by atoms with Gasteiger partial charge in [-0.1, -0.05) is 12.1 Å². The molecule has 0 saturated carbocycles. The van der Waals surface area contributed by atoms with Crippen molar-refractivity contribution in [2.24, 2.45) is 0 Å². The number of para-hydroxylation sites is 1. The maximum Gasteiger partial charge on any atom is 0.387 e. The Labute approximate surface area is 111 Å². The molecule has 19 heavy (non-hydrogen) atoms. The van der Waals surface area contributed by atoms with E-state index in [4.69, 9.17) is 5.11 Å². The Hall–Kier alpha value is -2.02. The van der Waals surface area contributed by atoms with E-state index < -0.39 is 12.6 Å². The molecule has 0 fully saturated rings. The molecule has 2 aromatic rings. The average molecular weight is 285 g/mol. The van der Waals surface area contributed by atoms with Gasteiger partial charge in [-0.2, -0.15) is 8.78 Å². The van der Waals surface area contributed by atoms with Gasteiger partial charge in [0.1, 0.15) is 15.6 Å². The number of hydrogen-bond acceptors (Lipinski definition) is 4. The number of ether oxygens (including phenoxy) is 1. The van der Waals surface area contributed by atoms with Gasteiger partial charge in [0, 0.05) is 0 Å². The van der Waals surface area contributed by atoms with Gasteiger partial charge in [0.2, 0.25) is 0 Å². The number of alkyl halides is 2. The molecule has 0 spiro atoms. The zero-order chi connectivity index (χ0) is 14.0. The highest BCUT2D eigenvalue weighted by atomic mass is 32.1. The first-order chi connectivity index (χ1) is 8.99. The average Bonchev–Trinajstić information content (AvgIpc) is 2.71. The van der Waals surface area contributed by atoms with Crippen molar-refractivity contribution in [2.75, 3.05) is 0 Å². The fourth-order valence-corrected chi connectivity index (χ4v) is 2.49. The van der Waals surface area contributed by atoms with Gasteiger partial charge < -0.3 is 9.84 Å². The third-order valence-electron chi connectivity index (χ3n) is 2.32. The summed E-state index contributed by atoms with van der Waals surface area (Å²) in [4.78, 5) is 15.1. The number of carbonyl (C=O) groups is 1. The monoisotopic (exact) mass is 285 g/mol. The van der Waals surface area contributed by atoms with E-state index in [9.17, 15) is 13.6 Å². The molecule has 2 rings (SSSR count). The second-order valence-electron chi connectivity index (χ2n) is 3.61. The molecule has 0 saturated heterocycles. The molecule has 0 bridgehead atoms. The van der Waals surface area contributed by atoms with Crippen LogP contribution in [0.25, 0.3) is 10.6 Å². The van der Waals surface area contributed by atoms with Gasteiger partial charge in [-0.3, -0.25) is 0 Å². The zero-order valence-corrected chi connectivity index (χ0v) is 10.6. The molecule has 0 atom stereocenters. The molecule has 1 aromatic carbocycles. The van der Waals surface area contributed by atoms with Crippen molar-refractivity contribution >= 4 is 17.3 Å². The third kappa shape index (κ3) is 2.87. The standard InChI is InChI=1S/C12H9F2NO3S/c1-6-9(11(16)17)19-10(15-6)7-4-2-3-5-8(7)18-12(13)14/h2-5,12H,1H3,(H,16,17). The molecule has 1 heterocycles. The molecule has 100 valence electrons. The smallest absolute Gasteiger partial charge is 0.387 e. The van der Waals surface area contributed by atoms with Crippen LogP contribution in [-0.4, -0.2) is 22.7 Å². The molecule has 0 aliphatic carbocycles. The van der Waals surface area contributed by atoms with E-state index in [1.807, 2.05) is 0 Å². The van der Waals surface area contributed by atoms with Crippen molar-refractivity contribution < 1.29 is 23.4 Å². The predicted octanol–water partition coefficient (Wildman–Crippen LogP) is 3.42. The summed E-state index contributed by atoms with van der Waals surface area (Å²) in [6, 6.07) is 6.14. The quantitative estimate of drug-likeness (QED) is 0.935. The van der Waals surface area contributed by atoms with E-state index in [1.54, 1.807) is 25.1 Å². The number of halogens is 2. The highest BCUT2D eigenvalue weighted by Crippen LogP contribution is 2.35. The first-order valence-electron chi connectivity index (χ1n) is 5.24. The van der Waals surface area contributed by atoms with E-state index in [2.05, 4.69) is 9.72 Å². The SMILES string of the molecule is Cc1nc(-c2ccccc2OC(F)F)sc1C(=O)O. The van der Waals surface area contributed by atoms with Gasteiger partial charge in [-0.25, -0.2) is 9.78 Å². The van der Waals surface area contributed by atoms with E-state index in [0.717, 1.165) is 11.3 Å². The van der Waals surface area contributed by atoms with Crippen molar-refractivity contribution in [3.05, 3.63) is 34.8 Å². The van der Waals surface area contributed by atoms with Crippen molar-refractivity contribution in [3.63, 3.8) is 0 Å². The topological polar surface area (TPSA) is 59.4 Å². The number of benzene rings is 1. The lowest BCUT2D eigenvalue weighted by Gasteiger charge is -2.07. The van der Waals surface area contributed by atoms with Crippen molar-refractivity contribution in [1.29, 1.82) is 0 Å². The van der Waals surface area contributed by atoms with E-state index in [0.29, 0.717) is 16.3 Å². The summed E-state index contributed by atoms with van der Waals surface area (Å²) >= 11 is 0.926. The molecule has 0 radical (unpaired) electrons. The fourth-order valence-electron chi connectivity index (χ4n) is 1.55. The van der Waals surface area contributed by atoms with Gasteiger partial charge in [-0.15, -0.1) is 11.3 Å². The summed E-state index contributed by atoms with van der Waals surface area (Å²) < 4.78 is 29.0. The molecular formula is C12H9F2NO3S. The number of carboxylic acid groups (broad SMARTS) is 1. The molecule has 4 nitrogen and oxygen atoms in total. The van der Waals surface area contributed by atoms with Crippen LogP contribution in [0.2, 0.25) is 0 Å². The third-order valence-corrected chi connectivity index (χ3v) is 3.50. The molecule has 7 heteroatoms. The van der Waals surface area contributed by atoms with E-state index in [-0.39, 0.29) is 10.6 Å². The first kappa shape index (κ1) is 13.4. The molecule has 0 amide bonds. The summed E-state index contributed by atoms with van der Waals surface area (Å²) in [6.45, 7) is -1.39. The van der Waals surface area contributed by atoms with Crippen LogP contribution in [0.3, 0.4) is 0 Å². The molecule has 1 N–H and O–H groups in total. The molecular weight excluding hydrogens is 276 g/mol. The molecule has 0 unspecified atom stereocenters. The van der Waals surface area contributed by atoms with E-state index in [1.165, 1.54) is 6.07 Å². The number of aryl methyl sites for hydroxylation is 1. The number of aromatic carboxylic acids is 1. The van der Waals surface area contributed by atoms with Crippen LogP contribution in [0.4, 0.5) is 8.78 Å². The van der Waals surface area contributed by atoms with Crippen LogP contribution in [0.1, 0.15) is 15.4 Å². The van der Waals surface area contributed by atoms with Crippen LogP contribution >= 0.6 is 11.3 Å². The maximum absolute atomic E-state index is 12.3. The first-order valence-corrected chi connectivity index (χ1v) is 6.05. The lowest BCUT2D eigenvalue weighted by atomic mass is 10.2. The Morgan fingerprint density at radius 3 is 2.68 bits per heavy atom. The van der Waals surface area contributed by atoms with Gasteiger partial charge in [0.25, 0.3) is 0 Å². The van der Waals surface area contributed by atoms with Crippen molar-refractivity contribution in [3.8, 4) is 16.3 Å². The summed E-state index contributed by atoms with van der Waals surface area (Å²) in [6.07, 6.45) is 0. The number of hydrogen-bond donors (Lipinski definition) is 1. The number of thiazole rings is 1. The number of carboxylic acids is 1. The minimum Gasteiger partial charge on any atom is -0.477 e. The van der Waals surface area contributed by atoms with Crippen LogP contribution in [0.5, 0.6) is 5.75 Å². The lowest BCUT2D eigenvalue weighted by molar-refractivity contribution is -0.0494. The highest BCUT2D eigenvalue weighted by Gasteiger charge is 2.18. The molecule has 0 aliphatic heterocycles. The van der Waals surface area contributed by atoms with Crippen LogP contribution in [0, 0.1) is 6.92 Å². The van der Waals surface area contributed by atoms with Gasteiger partial charge in [-0.05, 0) is 19.1 Å². The number of rotatable bonds is 4. The lowest BCUT2D eigenvalue weighted by Crippen LogP contribution is -2.02. The molecule has 0 aliphatic rings. The van der Waals surface area contributed by atoms with Gasteiger partial charge in [0.05, 0.1) is 11.3 Å². The fraction of sp³-hybridized carbons (Fsp3) is 0.167. The van der Waals surface area contributed by atoms with Gasteiger partial charge >= 0.3 is 12.6 Å². The largest absolute Gasteiger partial charge is 0.477 e. The Bertz CT molecular complexity index is 613. The Morgan fingerprint density at radius 2 is 2.11 bits per heavy atom. The summed E-state index contributed by atoms with van der Waals surface area (Å²) in [5.41, 5.74) is 0.697. The zero-order valence-electron chi connectivity index (χ0n) is 9.76. The second kappa shape index (κ2) is 5.31. The van der Waals surface area contributed by atoms with Crippen LogP contribution in [-0.2, 0) is 0 Å². The Kier molecular flexibility index (Phi) is 3.75. The number of aromatic nitrogens is 1. The van der Waals surface area contributed by atoms with Crippen molar-refractivity contribution in [1.82, 2.24) is 4.98 Å². The normalized spacial score (nSPS) is 10.7. The summed E-state index contributed by atoms with van der Waals surface area (Å²) in [5.74, 6) is -1.11. The van der Waals surface area contributed by atoms with Crippen LogP contribution in [0.15, 0.2) is 24.3 Å². The summed E-state index contributed by atoms with van der Waals surface area (Å²) in [5, 5.41) is 9.30. The maximum atomic E-state index is 12.3. The second-order valence-corrected chi connectivity index (χ2v) is 4.61. The van der Waals surface area contributed by atoms with Crippen molar-refractivity contribution in [2.45, 2.75) is 13.5 Å². The van der Waals surface area contributed by atoms with E-state index >= 15 is 0 Å². The minimum absolute atomic E-state index is 0.0248. The van der Waals surface area contributed by atoms with Crippen LogP contribution < -0.4 is 4.74 Å². The number of nitrogens with zero attached hydrogens (tertiary/aromatic N) is 1. The minimum atomic E-state index is -2.94. The Balaban J connectivity index is 2.47. The Morgan fingerprint density at radius 1 is 1.42 bits per heavy atom. The summed E-state index contributed by atoms with van der Waals surface area (Å²) in [7, 11) is 0. The highest BCUT2D eigenvalue weighted by molar-refractivity contribution is 7.17.